The van der Waals surface area contributed by atoms with Gasteiger partial charge in [0.25, 0.3) is 0 Å². The molecule has 0 N–H and O–H groups in total. The Hall–Kier alpha value is -0.293. The van der Waals surface area contributed by atoms with Gasteiger partial charge in [0.15, 0.2) is 18.5 Å². The predicted octanol–water partition coefficient (Wildman–Crippen LogP) is 7.53. The van der Waals surface area contributed by atoms with Crippen LogP contribution in [-0.4, -0.2) is 66.1 Å². The summed E-state index contributed by atoms with van der Waals surface area (Å²) in [4.78, 5) is 0. The SMILES string of the molecule is FC=CC(F)C(F)C(F)C(F)C(F)(F)C(F)(F)C(F)(F)C(F)(F)C(F)(F)C(F)[Si](Cl)(Cl)Cl. The fourth-order valence-electron chi connectivity index (χ4n) is 1.87. The van der Waals surface area contributed by atoms with Crippen molar-refractivity contribution in [3.05, 3.63) is 12.4 Å². The lowest BCUT2D eigenvalue weighted by molar-refractivity contribution is -0.412. The van der Waals surface area contributed by atoms with Crippen LogP contribution in [0.3, 0.4) is 0 Å². The van der Waals surface area contributed by atoms with E-state index < -0.39 is 78.5 Å². The first-order valence-corrected chi connectivity index (χ1v) is 12.4. The van der Waals surface area contributed by atoms with Gasteiger partial charge in [-0.2, -0.15) is 43.9 Å². The molecule has 0 aromatic heterocycles. The Labute approximate surface area is 182 Å². The zero-order valence-corrected chi connectivity index (χ0v) is 17.5. The lowest BCUT2D eigenvalue weighted by atomic mass is 9.90. The van der Waals surface area contributed by atoms with Crippen LogP contribution in [0.2, 0.25) is 0 Å². The van der Waals surface area contributed by atoms with E-state index in [4.69, 9.17) is 0 Å². The van der Waals surface area contributed by atoms with Crippen LogP contribution in [0.5, 0.6) is 0 Å². The number of hydrogen-bond acceptors (Lipinski definition) is 0. The molecule has 0 saturated heterocycles. The molecule has 20 heteroatoms. The molecule has 5 unspecified atom stereocenters. The van der Waals surface area contributed by atoms with Crippen molar-refractivity contribution >= 4 is 39.2 Å². The van der Waals surface area contributed by atoms with Crippen LogP contribution < -0.4 is 0 Å². The maximum Gasteiger partial charge on any atom is 0.384 e. The van der Waals surface area contributed by atoms with E-state index in [2.05, 4.69) is 33.2 Å². The smallest absolute Gasteiger partial charge is 0.241 e. The molecule has 0 saturated carbocycles. The molecule has 32 heavy (non-hydrogen) atoms. The molecule has 0 aromatic rings. The van der Waals surface area contributed by atoms with Gasteiger partial charge in [0.2, 0.25) is 12.0 Å². The molecular weight excluding hydrogens is 583 g/mol. The van der Waals surface area contributed by atoms with Gasteiger partial charge in [-0.3, -0.25) is 0 Å². The largest absolute Gasteiger partial charge is 0.384 e. The highest BCUT2D eigenvalue weighted by molar-refractivity contribution is 7.65. The first-order valence-electron chi connectivity index (χ1n) is 7.30. The third kappa shape index (κ3) is 5.19. The van der Waals surface area contributed by atoms with E-state index in [1.165, 1.54) is 0 Å². The van der Waals surface area contributed by atoms with Gasteiger partial charge in [-0.25, -0.2) is 26.3 Å². The Morgan fingerprint density at radius 3 is 1.31 bits per heavy atom. The summed E-state index contributed by atoms with van der Waals surface area (Å²) in [7, 11) is 0. The van der Waals surface area contributed by atoms with Crippen molar-refractivity contribution in [2.45, 2.75) is 60.1 Å². The fourth-order valence-corrected chi connectivity index (χ4v) is 3.69. The summed E-state index contributed by atoms with van der Waals surface area (Å²) in [6, 6.07) is -5.77. The van der Waals surface area contributed by atoms with E-state index in [1.54, 1.807) is 0 Å². The van der Waals surface area contributed by atoms with Crippen LogP contribution in [0.25, 0.3) is 0 Å². The zero-order valence-electron chi connectivity index (χ0n) is 14.2. The van der Waals surface area contributed by atoms with E-state index in [0.717, 1.165) is 0 Å². The summed E-state index contributed by atoms with van der Waals surface area (Å²) in [5.74, 6) is -43.4. The fraction of sp³-hybridized carbons (Fsp3) is 0.833. The summed E-state index contributed by atoms with van der Waals surface area (Å²) in [6.45, 7) is 0. The molecule has 0 radical (unpaired) electrons. The first-order chi connectivity index (χ1) is 13.9. The van der Waals surface area contributed by atoms with Crippen LogP contribution >= 0.6 is 33.2 Å². The van der Waals surface area contributed by atoms with Crippen molar-refractivity contribution in [1.82, 2.24) is 0 Å². The van der Waals surface area contributed by atoms with Crippen molar-refractivity contribution in [3.8, 4) is 0 Å². The Bertz CT molecular complexity index is 665. The first kappa shape index (κ1) is 31.7. The third-order valence-corrected chi connectivity index (χ3v) is 6.38. The van der Waals surface area contributed by atoms with E-state index in [1.807, 2.05) is 0 Å². The van der Waals surface area contributed by atoms with Crippen LogP contribution in [0.4, 0.5) is 70.2 Å². The number of rotatable bonds is 11. The predicted molar refractivity (Wildman–Crippen MR) is 82.8 cm³/mol. The van der Waals surface area contributed by atoms with Crippen LogP contribution in [0, 0.1) is 0 Å². The summed E-state index contributed by atoms with van der Waals surface area (Å²) in [5.41, 5.74) is 0. The van der Waals surface area contributed by atoms with Gasteiger partial charge in [0, 0.05) is 0 Å². The van der Waals surface area contributed by atoms with Gasteiger partial charge in [0.05, 0.1) is 6.33 Å². The number of halogens is 19. The van der Waals surface area contributed by atoms with Crippen LogP contribution in [0.15, 0.2) is 12.4 Å². The molecule has 0 fully saturated rings. The van der Waals surface area contributed by atoms with Crippen molar-refractivity contribution < 1.29 is 70.2 Å². The van der Waals surface area contributed by atoms with Crippen molar-refractivity contribution in [2.75, 3.05) is 0 Å². The minimum Gasteiger partial charge on any atom is -0.241 e. The zero-order chi connectivity index (χ0) is 26.3. The molecule has 0 aromatic carbocycles. The summed E-state index contributed by atoms with van der Waals surface area (Å²) in [5, 5.41) is 0. The average molecular weight is 590 g/mol. The highest BCUT2D eigenvalue weighted by Crippen LogP contribution is 2.60. The average Bonchev–Trinajstić information content (AvgIpc) is 2.64. The van der Waals surface area contributed by atoms with Gasteiger partial charge in [-0.05, 0) is 6.08 Å². The van der Waals surface area contributed by atoms with Crippen LogP contribution in [-0.2, 0) is 0 Å². The molecule has 0 aliphatic rings. The number of hydrogen-bond donors (Lipinski definition) is 0. The molecule has 0 bridgehead atoms. The minimum absolute atomic E-state index is 0.606. The van der Waals surface area contributed by atoms with Gasteiger partial charge < -0.3 is 0 Å². The highest BCUT2D eigenvalue weighted by Gasteiger charge is 2.89. The third-order valence-electron chi connectivity index (χ3n) is 3.72. The van der Waals surface area contributed by atoms with Crippen LogP contribution in [0.1, 0.15) is 0 Å². The number of alkyl halides is 15. The lowest BCUT2D eigenvalue weighted by Gasteiger charge is -2.41. The standard InChI is InChI=1S/C12H7Cl3F16Si/c13-32(14,15)7(21)9(24,25)11(28,29)12(30,31)10(26,27)8(22,23)6(20)5(19)4(18)3(17)1-2-16/h1-7H. The molecule has 0 heterocycles. The molecule has 0 spiro atoms. The van der Waals surface area contributed by atoms with Gasteiger partial charge in [0.1, 0.15) is 0 Å². The molecule has 0 nitrogen and oxygen atoms in total. The molecule has 0 rings (SSSR count). The van der Waals surface area contributed by atoms with Gasteiger partial charge in [-0.1, -0.05) is 0 Å². The Morgan fingerprint density at radius 2 is 0.969 bits per heavy atom. The molecule has 5 atom stereocenters. The Balaban J connectivity index is 6.38. The van der Waals surface area contributed by atoms with Gasteiger partial charge in [-0.15, -0.1) is 33.2 Å². The summed E-state index contributed by atoms with van der Waals surface area (Å²) in [6.07, 6.45) is -19.9. The van der Waals surface area contributed by atoms with E-state index >= 15 is 0 Å². The summed E-state index contributed by atoms with van der Waals surface area (Å²) < 4.78 is 213. The summed E-state index contributed by atoms with van der Waals surface area (Å²) >= 11 is 13.8. The second-order valence-corrected chi connectivity index (χ2v) is 14.6. The Morgan fingerprint density at radius 1 is 0.594 bits per heavy atom. The second kappa shape index (κ2) is 9.75. The minimum atomic E-state index is -8.11. The Kier molecular flexibility index (Phi) is 9.67. The maximum absolute atomic E-state index is 13.6. The second-order valence-electron chi connectivity index (χ2n) is 5.93. The van der Waals surface area contributed by atoms with Gasteiger partial charge >= 0.3 is 35.6 Å². The molecule has 0 aliphatic carbocycles. The van der Waals surface area contributed by atoms with Crippen molar-refractivity contribution in [2.24, 2.45) is 0 Å². The lowest BCUT2D eigenvalue weighted by Crippen LogP contribution is -2.72. The van der Waals surface area contributed by atoms with E-state index in [0.29, 0.717) is 0 Å². The monoisotopic (exact) mass is 588 g/mol. The topological polar surface area (TPSA) is 0 Å². The quantitative estimate of drug-likeness (QED) is 0.133. The van der Waals surface area contributed by atoms with Crippen molar-refractivity contribution in [1.29, 1.82) is 0 Å². The number of allylic oxidation sites excluding steroid dienone is 1. The molecule has 0 amide bonds. The van der Waals surface area contributed by atoms with E-state index in [9.17, 15) is 70.2 Å². The molecular formula is C12H7Cl3F16Si. The molecule has 192 valence electrons. The highest BCUT2D eigenvalue weighted by atomic mass is 35.8. The van der Waals surface area contributed by atoms with E-state index in [-0.39, 0.29) is 0 Å². The van der Waals surface area contributed by atoms with Crippen molar-refractivity contribution in [3.63, 3.8) is 0 Å². The molecule has 0 aliphatic heterocycles. The normalized spacial score (nSPS) is 20.2. The maximum atomic E-state index is 13.6.